The summed E-state index contributed by atoms with van der Waals surface area (Å²) in [6, 6.07) is 0. The highest BCUT2D eigenvalue weighted by Crippen LogP contribution is 2.09. The van der Waals surface area contributed by atoms with Gasteiger partial charge in [0.2, 0.25) is 0 Å². The van der Waals surface area contributed by atoms with E-state index in [1.54, 1.807) is 6.20 Å². The van der Waals surface area contributed by atoms with Crippen molar-refractivity contribution in [3.63, 3.8) is 0 Å². The highest BCUT2D eigenvalue weighted by atomic mass is 32.2. The predicted octanol–water partition coefficient (Wildman–Crippen LogP) is 1.87. The van der Waals surface area contributed by atoms with Gasteiger partial charge in [0.25, 0.3) is 0 Å². The lowest BCUT2D eigenvalue weighted by atomic mass is 10.5. The molecule has 0 aliphatic heterocycles. The Morgan fingerprint density at radius 1 is 1.75 bits per heavy atom. The van der Waals surface area contributed by atoms with Crippen LogP contribution in [0.2, 0.25) is 0 Å². The molecule has 1 N–H and O–H groups in total. The van der Waals surface area contributed by atoms with Crippen LogP contribution in [0, 0.1) is 0 Å². The summed E-state index contributed by atoms with van der Waals surface area (Å²) in [6.07, 6.45) is 3.52. The number of aromatic nitrogens is 2. The summed E-state index contributed by atoms with van der Waals surface area (Å²) in [6.45, 7) is 2.14. The molecule has 1 heterocycles. The molecule has 0 radical (unpaired) electrons. The molecule has 0 saturated carbocycles. The number of nitrogens with zero attached hydrogens (tertiary/aromatic N) is 1. The standard InChI is InChI=1S/C8H12N2OS/c1-2-3-12-6-8-9-4-7(5-11)10-8/h4-5H,2-3,6H2,1H3,(H,9,10). The van der Waals surface area contributed by atoms with E-state index < -0.39 is 0 Å². The van der Waals surface area contributed by atoms with Gasteiger partial charge in [-0.1, -0.05) is 6.92 Å². The number of hydrogen-bond acceptors (Lipinski definition) is 3. The molecule has 0 aliphatic rings. The van der Waals surface area contributed by atoms with Gasteiger partial charge in [0, 0.05) is 0 Å². The number of aromatic amines is 1. The van der Waals surface area contributed by atoms with E-state index in [-0.39, 0.29) is 0 Å². The first-order valence-corrected chi connectivity index (χ1v) is 5.09. The Morgan fingerprint density at radius 3 is 3.17 bits per heavy atom. The van der Waals surface area contributed by atoms with E-state index >= 15 is 0 Å². The van der Waals surface area contributed by atoms with E-state index in [1.807, 2.05) is 11.8 Å². The highest BCUT2D eigenvalue weighted by Gasteiger charge is 1.98. The normalized spacial score (nSPS) is 10.1. The maximum absolute atomic E-state index is 10.3. The Bertz CT molecular complexity index is 247. The van der Waals surface area contributed by atoms with Crippen LogP contribution in [0.25, 0.3) is 0 Å². The van der Waals surface area contributed by atoms with Gasteiger partial charge in [0.05, 0.1) is 17.6 Å². The molecule has 0 spiro atoms. The van der Waals surface area contributed by atoms with Crippen molar-refractivity contribution in [2.75, 3.05) is 5.75 Å². The minimum atomic E-state index is 0.557. The fourth-order valence-corrected chi connectivity index (χ4v) is 1.60. The Balaban J connectivity index is 2.36. The minimum absolute atomic E-state index is 0.557. The fourth-order valence-electron chi connectivity index (χ4n) is 0.825. The van der Waals surface area contributed by atoms with Gasteiger partial charge in [-0.25, -0.2) is 4.98 Å². The lowest BCUT2D eigenvalue weighted by molar-refractivity contribution is 0.111. The molecular weight excluding hydrogens is 172 g/mol. The van der Waals surface area contributed by atoms with Crippen LogP contribution in [-0.2, 0) is 5.75 Å². The molecule has 1 aromatic heterocycles. The van der Waals surface area contributed by atoms with E-state index in [2.05, 4.69) is 16.9 Å². The largest absolute Gasteiger partial charge is 0.339 e. The van der Waals surface area contributed by atoms with Crippen molar-refractivity contribution < 1.29 is 4.79 Å². The summed E-state index contributed by atoms with van der Waals surface area (Å²) in [7, 11) is 0. The number of H-pyrrole nitrogens is 1. The molecule has 1 aromatic rings. The summed E-state index contributed by atoms with van der Waals surface area (Å²) in [4.78, 5) is 17.2. The van der Waals surface area contributed by atoms with E-state index in [9.17, 15) is 4.79 Å². The zero-order valence-corrected chi connectivity index (χ0v) is 7.86. The zero-order valence-electron chi connectivity index (χ0n) is 7.04. The van der Waals surface area contributed by atoms with Crippen LogP contribution in [0.1, 0.15) is 29.7 Å². The third-order valence-corrected chi connectivity index (χ3v) is 2.54. The molecule has 0 unspecified atom stereocenters. The topological polar surface area (TPSA) is 45.8 Å². The second-order valence-corrected chi connectivity index (χ2v) is 3.56. The van der Waals surface area contributed by atoms with Gasteiger partial charge in [-0.2, -0.15) is 11.8 Å². The smallest absolute Gasteiger partial charge is 0.167 e. The maximum Gasteiger partial charge on any atom is 0.167 e. The van der Waals surface area contributed by atoms with Crippen LogP contribution in [0.4, 0.5) is 0 Å². The van der Waals surface area contributed by atoms with Crippen LogP contribution in [0.3, 0.4) is 0 Å². The first-order valence-electron chi connectivity index (χ1n) is 3.93. The Hall–Kier alpha value is -0.770. The molecule has 0 saturated heterocycles. The van der Waals surface area contributed by atoms with Crippen LogP contribution in [-0.4, -0.2) is 22.0 Å². The van der Waals surface area contributed by atoms with Gasteiger partial charge < -0.3 is 4.98 Å². The van der Waals surface area contributed by atoms with E-state index in [1.165, 1.54) is 6.42 Å². The van der Waals surface area contributed by atoms with Crippen LogP contribution < -0.4 is 0 Å². The van der Waals surface area contributed by atoms with Crippen molar-refractivity contribution in [1.82, 2.24) is 9.97 Å². The van der Waals surface area contributed by atoms with Gasteiger partial charge in [-0.3, -0.25) is 4.79 Å². The zero-order chi connectivity index (χ0) is 8.81. The summed E-state index contributed by atoms with van der Waals surface area (Å²) in [5.74, 6) is 2.88. The van der Waals surface area contributed by atoms with Gasteiger partial charge in [0.15, 0.2) is 6.29 Å². The van der Waals surface area contributed by atoms with Crippen LogP contribution in [0.15, 0.2) is 6.20 Å². The van der Waals surface area contributed by atoms with Crippen molar-refractivity contribution in [3.8, 4) is 0 Å². The average Bonchev–Trinajstić information content (AvgIpc) is 2.53. The van der Waals surface area contributed by atoms with Gasteiger partial charge >= 0.3 is 0 Å². The van der Waals surface area contributed by atoms with Gasteiger partial charge in [-0.15, -0.1) is 0 Å². The lowest BCUT2D eigenvalue weighted by Gasteiger charge is -1.94. The molecule has 12 heavy (non-hydrogen) atoms. The first-order chi connectivity index (χ1) is 5.86. The second-order valence-electron chi connectivity index (χ2n) is 2.46. The van der Waals surface area contributed by atoms with Crippen molar-refractivity contribution in [3.05, 3.63) is 17.7 Å². The number of hydrogen-bond donors (Lipinski definition) is 1. The summed E-state index contributed by atoms with van der Waals surface area (Å²) in [5.41, 5.74) is 0.557. The molecule has 0 fully saturated rings. The highest BCUT2D eigenvalue weighted by molar-refractivity contribution is 7.98. The minimum Gasteiger partial charge on any atom is -0.339 e. The molecule has 66 valence electrons. The van der Waals surface area contributed by atoms with Crippen molar-refractivity contribution in [2.45, 2.75) is 19.1 Å². The Kier molecular flexibility index (Phi) is 3.87. The second kappa shape index (κ2) is 4.98. The molecule has 0 aromatic carbocycles. The fraction of sp³-hybridized carbons (Fsp3) is 0.500. The molecule has 3 nitrogen and oxygen atoms in total. The SMILES string of the molecule is CCCSCc1ncc(C=O)[nH]1. The number of carbonyl (C=O) groups excluding carboxylic acids is 1. The first kappa shape index (κ1) is 9.32. The third-order valence-electron chi connectivity index (χ3n) is 1.36. The van der Waals surface area contributed by atoms with Crippen LogP contribution >= 0.6 is 11.8 Å². The molecule has 0 atom stereocenters. The molecule has 0 aliphatic carbocycles. The van der Waals surface area contributed by atoms with Crippen molar-refractivity contribution >= 4 is 18.0 Å². The number of imidazole rings is 1. The number of rotatable bonds is 5. The van der Waals surface area contributed by atoms with Gasteiger partial charge in [-0.05, 0) is 12.2 Å². The van der Waals surface area contributed by atoms with E-state index in [0.29, 0.717) is 5.69 Å². The summed E-state index contributed by atoms with van der Waals surface area (Å²) < 4.78 is 0. The third kappa shape index (κ3) is 2.70. The molecule has 0 amide bonds. The maximum atomic E-state index is 10.3. The lowest BCUT2D eigenvalue weighted by Crippen LogP contribution is -1.85. The summed E-state index contributed by atoms with van der Waals surface area (Å²) in [5, 5.41) is 0. The molecule has 1 rings (SSSR count). The van der Waals surface area contributed by atoms with Crippen molar-refractivity contribution in [2.24, 2.45) is 0 Å². The quantitative estimate of drug-likeness (QED) is 0.561. The van der Waals surface area contributed by atoms with Crippen molar-refractivity contribution in [1.29, 1.82) is 0 Å². The monoisotopic (exact) mass is 184 g/mol. The average molecular weight is 184 g/mol. The van der Waals surface area contributed by atoms with Gasteiger partial charge in [0.1, 0.15) is 5.82 Å². The number of aldehydes is 1. The molecule has 0 bridgehead atoms. The molecular formula is C8H12N2OS. The predicted molar refractivity (Wildman–Crippen MR) is 50.4 cm³/mol. The Morgan fingerprint density at radius 2 is 2.58 bits per heavy atom. The van der Waals surface area contributed by atoms with E-state index in [4.69, 9.17) is 0 Å². The number of nitrogens with one attached hydrogen (secondary N) is 1. The molecule has 4 heteroatoms. The number of thioether (sulfide) groups is 1. The van der Waals surface area contributed by atoms with Crippen LogP contribution in [0.5, 0.6) is 0 Å². The summed E-state index contributed by atoms with van der Waals surface area (Å²) >= 11 is 1.82. The van der Waals surface area contributed by atoms with E-state index in [0.717, 1.165) is 23.6 Å². The number of carbonyl (C=O) groups is 1. The Labute approximate surface area is 76.0 Å².